The predicted molar refractivity (Wildman–Crippen MR) is 71.1 cm³/mol. The summed E-state index contributed by atoms with van der Waals surface area (Å²) in [4.78, 5) is 12.8. The molecule has 2 radical (unpaired) electrons. The van der Waals surface area contributed by atoms with Gasteiger partial charge >= 0.3 is 33.4 Å². The molecule has 0 spiro atoms. The van der Waals surface area contributed by atoms with Crippen molar-refractivity contribution in [3.8, 4) is 0 Å². The molecule has 0 saturated heterocycles. The number of esters is 1. The van der Waals surface area contributed by atoms with Gasteiger partial charge in [-0.15, -0.1) is 0 Å². The molecule has 0 aromatic heterocycles. The molecule has 0 aromatic rings. The van der Waals surface area contributed by atoms with Crippen LogP contribution >= 0.6 is 12.6 Å². The first-order valence-electron chi connectivity index (χ1n) is 5.51. The van der Waals surface area contributed by atoms with Gasteiger partial charge in [0, 0.05) is 0 Å². The van der Waals surface area contributed by atoms with Crippen molar-refractivity contribution in [3.05, 3.63) is 0 Å². The van der Waals surface area contributed by atoms with Crippen LogP contribution in [0.3, 0.4) is 0 Å². The van der Waals surface area contributed by atoms with Crippen molar-refractivity contribution in [1.29, 1.82) is 0 Å². The van der Waals surface area contributed by atoms with Crippen LogP contribution in [-0.4, -0.2) is 40.9 Å². The maximum absolute atomic E-state index is 10.7. The predicted octanol–water partition coefficient (Wildman–Crippen LogP) is 2.61. The Kier molecular flexibility index (Phi) is 17.5. The number of rotatable bonds is 7. The first-order valence-corrected chi connectivity index (χ1v) is 9.44. The third-order valence-corrected chi connectivity index (χ3v) is 2.08. The van der Waals surface area contributed by atoms with E-state index < -0.39 is 0 Å². The number of carbonyl (C=O) groups is 1. The molecule has 15 heavy (non-hydrogen) atoms. The van der Waals surface area contributed by atoms with Gasteiger partial charge in [-0.05, 0) is 12.3 Å². The number of ether oxygens (including phenoxy) is 1. The van der Waals surface area contributed by atoms with E-state index in [2.05, 4.69) is 31.4 Å². The van der Waals surface area contributed by atoms with Crippen molar-refractivity contribution in [2.24, 2.45) is 5.92 Å². The van der Waals surface area contributed by atoms with E-state index in [9.17, 15) is 4.79 Å². The number of carbonyl (C=O) groups excluding carboxylic acids is 1. The van der Waals surface area contributed by atoms with Crippen molar-refractivity contribution in [1.82, 2.24) is 0 Å². The summed E-state index contributed by atoms with van der Waals surface area (Å²) in [6, 6.07) is 0. The van der Waals surface area contributed by atoms with Gasteiger partial charge < -0.3 is 4.74 Å². The van der Waals surface area contributed by atoms with Gasteiger partial charge in [-0.3, -0.25) is 4.79 Å². The van der Waals surface area contributed by atoms with E-state index in [0.29, 0.717) is 6.61 Å². The fourth-order valence-electron chi connectivity index (χ4n) is 1.06. The van der Waals surface area contributed by atoms with E-state index in [1.54, 1.807) is 0 Å². The minimum absolute atomic E-state index is 0.187. The molecule has 0 bridgehead atoms. The van der Waals surface area contributed by atoms with Crippen molar-refractivity contribution in [2.45, 2.75) is 44.5 Å². The van der Waals surface area contributed by atoms with E-state index in [-0.39, 0.29) is 11.7 Å². The third-order valence-electron chi connectivity index (χ3n) is 1.82. The second-order valence-corrected chi connectivity index (χ2v) is 3.94. The normalized spacial score (nSPS) is 9.47. The van der Waals surface area contributed by atoms with Gasteiger partial charge in [0.25, 0.3) is 0 Å². The van der Waals surface area contributed by atoms with E-state index in [1.165, 1.54) is 35.4 Å². The number of unbranched alkanes of at least 4 members (excludes halogenated alkanes) is 2. The summed E-state index contributed by atoms with van der Waals surface area (Å²) in [5, 5.41) is 0. The SMILES string of the molecule is CC(C)CCCCCOC(=O)CS.[CH3][SnH]. The fourth-order valence-corrected chi connectivity index (χ4v) is 1.15. The van der Waals surface area contributed by atoms with E-state index in [0.717, 1.165) is 18.8 Å². The number of hydrogen-bond donors (Lipinski definition) is 1. The molecule has 2 nitrogen and oxygen atoms in total. The van der Waals surface area contributed by atoms with Crippen LogP contribution in [0.15, 0.2) is 0 Å². The fraction of sp³-hybridized carbons (Fsp3) is 0.909. The van der Waals surface area contributed by atoms with Crippen LogP contribution < -0.4 is 0 Å². The first kappa shape index (κ1) is 18.0. The first-order chi connectivity index (χ1) is 7.16. The number of thiol groups is 1. The zero-order valence-electron chi connectivity index (χ0n) is 10.2. The van der Waals surface area contributed by atoms with Crippen LogP contribution in [0.2, 0.25) is 4.94 Å². The second-order valence-electron chi connectivity index (χ2n) is 3.62. The average molecular weight is 339 g/mol. The zero-order valence-corrected chi connectivity index (χ0v) is 14.4. The van der Waals surface area contributed by atoms with Crippen molar-refractivity contribution < 1.29 is 9.53 Å². The summed E-state index contributed by atoms with van der Waals surface area (Å²) in [6.07, 6.45) is 4.63. The molecule has 90 valence electrons. The Labute approximate surface area is 113 Å². The van der Waals surface area contributed by atoms with Crippen LogP contribution in [0, 0.1) is 5.92 Å². The molecule has 0 N–H and O–H groups in total. The Bertz CT molecular complexity index is 141. The van der Waals surface area contributed by atoms with Crippen LogP contribution in [0.25, 0.3) is 0 Å². The quantitative estimate of drug-likeness (QED) is 0.334. The van der Waals surface area contributed by atoms with E-state index >= 15 is 0 Å². The van der Waals surface area contributed by atoms with Crippen LogP contribution in [0.5, 0.6) is 0 Å². The Morgan fingerprint density at radius 2 is 1.87 bits per heavy atom. The standard InChI is InChI=1S/C10H20O2S.CH3.Sn.H/c1-9(2)6-4-3-5-7-12-10(11)8-13;;;/h9,13H,3-8H2,1-2H3;1H3;;. The summed E-state index contributed by atoms with van der Waals surface area (Å²) in [6.45, 7) is 5.00. The average Bonchev–Trinajstić information content (AvgIpc) is 2.25. The Morgan fingerprint density at radius 3 is 2.33 bits per heavy atom. The molecule has 0 amide bonds. The van der Waals surface area contributed by atoms with E-state index in [1.807, 2.05) is 0 Å². The topological polar surface area (TPSA) is 26.3 Å². The number of hydrogen-bond acceptors (Lipinski definition) is 3. The molecule has 0 saturated carbocycles. The van der Waals surface area contributed by atoms with Gasteiger partial charge in [0.15, 0.2) is 0 Å². The summed E-state index contributed by atoms with van der Waals surface area (Å²) in [5.74, 6) is 0.749. The molecule has 0 aliphatic rings. The summed E-state index contributed by atoms with van der Waals surface area (Å²) < 4.78 is 4.88. The van der Waals surface area contributed by atoms with Gasteiger partial charge in [0.1, 0.15) is 0 Å². The minimum atomic E-state index is -0.216. The van der Waals surface area contributed by atoms with Crippen molar-refractivity contribution >= 4 is 41.1 Å². The van der Waals surface area contributed by atoms with Crippen LogP contribution in [0.4, 0.5) is 0 Å². The summed E-state index contributed by atoms with van der Waals surface area (Å²) >= 11 is 5.16. The second kappa shape index (κ2) is 14.6. The van der Waals surface area contributed by atoms with Gasteiger partial charge in [0.05, 0.1) is 12.4 Å². The van der Waals surface area contributed by atoms with Gasteiger partial charge in [-0.2, -0.15) is 12.6 Å². The summed E-state index contributed by atoms with van der Waals surface area (Å²) in [5.41, 5.74) is 0. The van der Waals surface area contributed by atoms with Crippen molar-refractivity contribution in [2.75, 3.05) is 12.4 Å². The molecule has 0 fully saturated rings. The van der Waals surface area contributed by atoms with Gasteiger partial charge in [-0.1, -0.05) is 33.1 Å². The Morgan fingerprint density at radius 1 is 1.27 bits per heavy atom. The molecule has 0 aliphatic carbocycles. The Balaban J connectivity index is 0. The Hall–Kier alpha value is 0.619. The maximum atomic E-state index is 10.7. The molecule has 0 rings (SSSR count). The van der Waals surface area contributed by atoms with Crippen molar-refractivity contribution in [3.63, 3.8) is 0 Å². The van der Waals surface area contributed by atoms with Gasteiger partial charge in [-0.25, -0.2) is 0 Å². The van der Waals surface area contributed by atoms with Crippen LogP contribution in [-0.2, 0) is 9.53 Å². The third kappa shape index (κ3) is 17.2. The molecule has 0 unspecified atom stereocenters. The molecule has 4 heteroatoms. The van der Waals surface area contributed by atoms with E-state index in [4.69, 9.17) is 4.74 Å². The molecular formula is C11H24O2SSn. The zero-order chi connectivity index (χ0) is 12.1. The molecular weight excluding hydrogens is 315 g/mol. The molecule has 0 aliphatic heterocycles. The molecule has 0 atom stereocenters. The van der Waals surface area contributed by atoms with Gasteiger partial charge in [0.2, 0.25) is 0 Å². The molecule has 0 aromatic carbocycles. The monoisotopic (exact) mass is 340 g/mol. The van der Waals surface area contributed by atoms with Crippen LogP contribution in [0.1, 0.15) is 39.5 Å². The summed E-state index contributed by atoms with van der Waals surface area (Å²) in [7, 11) is 0. The molecule has 0 heterocycles.